The van der Waals surface area contributed by atoms with Gasteiger partial charge in [-0.1, -0.05) is 23.7 Å². The van der Waals surface area contributed by atoms with E-state index < -0.39 is 29.6 Å². The van der Waals surface area contributed by atoms with Crippen molar-refractivity contribution in [2.45, 2.75) is 18.9 Å². The lowest BCUT2D eigenvalue weighted by Crippen LogP contribution is -2.41. The molecule has 1 aromatic heterocycles. The maximum Gasteiger partial charge on any atom is 0.540 e. The van der Waals surface area contributed by atoms with Gasteiger partial charge in [0.2, 0.25) is 0 Å². The van der Waals surface area contributed by atoms with E-state index >= 15 is 0 Å². The topological polar surface area (TPSA) is 72.5 Å². The average Bonchev–Trinajstić information content (AvgIpc) is 2.73. The Morgan fingerprint density at radius 3 is 2.50 bits per heavy atom. The summed E-state index contributed by atoms with van der Waals surface area (Å²) in [5.41, 5.74) is 0.393. The van der Waals surface area contributed by atoms with Gasteiger partial charge in [0, 0.05) is 30.7 Å². The number of benzene rings is 2. The highest BCUT2D eigenvalue weighted by Gasteiger charge is 2.54. The third-order valence-electron chi connectivity index (χ3n) is 4.51. The summed E-state index contributed by atoms with van der Waals surface area (Å²) in [6.07, 6.45) is -5.62. The minimum Gasteiger partial charge on any atom is -0.409 e. The van der Waals surface area contributed by atoms with Gasteiger partial charge in [0.1, 0.15) is 5.75 Å². The number of halogens is 5. The van der Waals surface area contributed by atoms with Crippen molar-refractivity contribution in [2.75, 3.05) is 10.6 Å². The lowest BCUT2D eigenvalue weighted by atomic mass is 10.1. The van der Waals surface area contributed by atoms with Crippen molar-refractivity contribution >= 4 is 28.9 Å². The summed E-state index contributed by atoms with van der Waals surface area (Å²) in [5.74, 6) is -1.51. The molecule has 0 spiro atoms. The molecule has 0 fully saturated rings. The molecule has 1 aliphatic rings. The van der Waals surface area contributed by atoms with E-state index in [0.717, 1.165) is 17.7 Å². The van der Waals surface area contributed by atoms with Crippen LogP contribution in [0.5, 0.6) is 5.75 Å². The number of aromatic nitrogens is 1. The number of carbonyl (C=O) groups is 1. The van der Waals surface area contributed by atoms with Crippen molar-refractivity contribution < 1.29 is 31.8 Å². The molecule has 0 aliphatic carbocycles. The maximum atomic E-state index is 14.0. The van der Waals surface area contributed by atoms with Crippen LogP contribution in [0.2, 0.25) is 5.02 Å². The number of anilines is 2. The number of ether oxygens (including phenoxy) is 2. The lowest BCUT2D eigenvalue weighted by Gasteiger charge is -2.31. The van der Waals surface area contributed by atoms with E-state index in [0.29, 0.717) is 12.2 Å². The first kappa shape index (κ1) is 21.8. The molecular weight excluding hydrogens is 454 g/mol. The zero-order valence-electron chi connectivity index (χ0n) is 16.0. The number of rotatable bonds is 5. The fraction of sp³-hybridized carbons (Fsp3) is 0.143. The van der Waals surface area contributed by atoms with E-state index in [9.17, 15) is 22.4 Å². The Kier molecular flexibility index (Phi) is 5.66. The van der Waals surface area contributed by atoms with Crippen LogP contribution in [0.4, 0.5) is 28.9 Å². The van der Waals surface area contributed by atoms with Crippen LogP contribution in [-0.2, 0) is 17.4 Å². The fourth-order valence-electron chi connectivity index (χ4n) is 3.04. The molecule has 166 valence electrons. The molecule has 3 aromatic rings. The lowest BCUT2D eigenvalue weighted by molar-refractivity contribution is -0.461. The van der Waals surface area contributed by atoms with Crippen LogP contribution in [0, 0.1) is 0 Å². The van der Waals surface area contributed by atoms with Gasteiger partial charge in [0.25, 0.3) is 5.91 Å². The molecule has 2 aromatic carbocycles. The second-order valence-electron chi connectivity index (χ2n) is 6.72. The largest absolute Gasteiger partial charge is 0.540 e. The smallest absolute Gasteiger partial charge is 0.409 e. The van der Waals surface area contributed by atoms with Crippen molar-refractivity contribution in [3.05, 3.63) is 82.6 Å². The predicted octanol–water partition coefficient (Wildman–Crippen LogP) is 5.61. The third kappa shape index (κ3) is 4.61. The van der Waals surface area contributed by atoms with Crippen LogP contribution in [0.15, 0.2) is 60.9 Å². The van der Waals surface area contributed by atoms with Gasteiger partial charge in [-0.15, -0.1) is 8.78 Å². The number of hydrogen-bond donors (Lipinski definition) is 2. The molecule has 0 unspecified atom stereocenters. The Morgan fingerprint density at radius 2 is 1.75 bits per heavy atom. The van der Waals surface area contributed by atoms with Gasteiger partial charge >= 0.3 is 12.4 Å². The van der Waals surface area contributed by atoms with Crippen LogP contribution in [0.1, 0.15) is 21.5 Å². The number of amides is 1. The van der Waals surface area contributed by atoms with Crippen LogP contribution in [0.25, 0.3) is 0 Å². The Hall–Kier alpha value is -3.37. The minimum absolute atomic E-state index is 0.209. The standard InChI is InChI=1S/C21H14ClF4N3O3/c22-15-10-18-14(20(23,24)32-21(25,26)31-18)9-17(15)29-19(30)13-3-1-2-4-16(13)28-11-12-5-7-27-8-6-12/h1-10,28H,11H2,(H,29,30). The molecular formula is C21H14ClF4N3O3. The summed E-state index contributed by atoms with van der Waals surface area (Å²) in [7, 11) is 0. The molecule has 2 heterocycles. The van der Waals surface area contributed by atoms with Crippen molar-refractivity contribution in [3.63, 3.8) is 0 Å². The average molecular weight is 468 g/mol. The molecule has 6 nitrogen and oxygen atoms in total. The Bertz CT molecular complexity index is 1160. The monoisotopic (exact) mass is 467 g/mol. The van der Waals surface area contributed by atoms with E-state index in [1.807, 2.05) is 0 Å². The number of para-hydroxylation sites is 1. The molecule has 4 rings (SSSR count). The predicted molar refractivity (Wildman–Crippen MR) is 108 cm³/mol. The van der Waals surface area contributed by atoms with Gasteiger partial charge in [-0.25, -0.2) is 4.74 Å². The van der Waals surface area contributed by atoms with E-state index in [1.54, 1.807) is 42.7 Å². The van der Waals surface area contributed by atoms with Crippen molar-refractivity contribution in [3.8, 4) is 5.75 Å². The summed E-state index contributed by atoms with van der Waals surface area (Å²) in [5, 5.41) is 5.27. The van der Waals surface area contributed by atoms with Gasteiger partial charge in [-0.05, 0) is 35.9 Å². The molecule has 2 N–H and O–H groups in total. The Labute approximate surface area is 184 Å². The third-order valence-corrected chi connectivity index (χ3v) is 4.82. The second kappa shape index (κ2) is 8.29. The second-order valence-corrected chi connectivity index (χ2v) is 7.13. The van der Waals surface area contributed by atoms with Gasteiger partial charge in [-0.3, -0.25) is 9.78 Å². The number of nitrogens with zero attached hydrogens (tertiary/aromatic N) is 1. The van der Waals surface area contributed by atoms with E-state index in [2.05, 4.69) is 25.1 Å². The van der Waals surface area contributed by atoms with Crippen molar-refractivity contribution in [1.29, 1.82) is 0 Å². The van der Waals surface area contributed by atoms with Gasteiger partial charge in [0.05, 0.1) is 21.8 Å². The first-order valence-electron chi connectivity index (χ1n) is 9.17. The molecule has 0 saturated heterocycles. The molecule has 1 aliphatic heterocycles. The number of pyridine rings is 1. The minimum atomic E-state index is -4.52. The fourth-order valence-corrected chi connectivity index (χ4v) is 3.24. The molecule has 0 atom stereocenters. The summed E-state index contributed by atoms with van der Waals surface area (Å²) in [6, 6.07) is 11.6. The Morgan fingerprint density at radius 1 is 1.03 bits per heavy atom. The summed E-state index contributed by atoms with van der Waals surface area (Å²) in [4.78, 5) is 16.8. The number of fused-ring (bicyclic) bond motifs is 1. The molecule has 32 heavy (non-hydrogen) atoms. The molecule has 0 radical (unpaired) electrons. The zero-order chi connectivity index (χ0) is 22.9. The van der Waals surface area contributed by atoms with Crippen LogP contribution >= 0.6 is 11.6 Å². The van der Waals surface area contributed by atoms with E-state index in [1.165, 1.54) is 6.07 Å². The van der Waals surface area contributed by atoms with Gasteiger partial charge < -0.3 is 15.4 Å². The number of hydrogen-bond acceptors (Lipinski definition) is 5. The summed E-state index contributed by atoms with van der Waals surface area (Å²) in [6.45, 7) is 0.404. The van der Waals surface area contributed by atoms with Crippen molar-refractivity contribution in [2.24, 2.45) is 0 Å². The number of carbonyl (C=O) groups excluding carboxylic acids is 1. The number of nitrogens with one attached hydrogen (secondary N) is 2. The normalized spacial score (nSPS) is 15.9. The first-order chi connectivity index (χ1) is 15.1. The molecule has 0 bridgehead atoms. The SMILES string of the molecule is O=C(Nc1cc2c(cc1Cl)OC(F)(F)OC2(F)F)c1ccccc1NCc1ccncc1. The maximum absolute atomic E-state index is 14.0. The van der Waals surface area contributed by atoms with Crippen molar-refractivity contribution in [1.82, 2.24) is 4.98 Å². The molecule has 11 heteroatoms. The van der Waals surface area contributed by atoms with E-state index in [-0.39, 0.29) is 16.3 Å². The molecule has 1 amide bonds. The quantitative estimate of drug-likeness (QED) is 0.477. The van der Waals surface area contributed by atoms with Crippen LogP contribution in [0.3, 0.4) is 0 Å². The number of alkyl halides is 4. The summed E-state index contributed by atoms with van der Waals surface area (Å²) < 4.78 is 62.1. The highest BCUT2D eigenvalue weighted by Crippen LogP contribution is 2.48. The molecule has 0 saturated carbocycles. The van der Waals surface area contributed by atoms with Gasteiger partial charge in [-0.2, -0.15) is 8.78 Å². The highest BCUT2D eigenvalue weighted by atomic mass is 35.5. The van der Waals surface area contributed by atoms with Crippen LogP contribution < -0.4 is 15.4 Å². The van der Waals surface area contributed by atoms with Gasteiger partial charge in [0.15, 0.2) is 0 Å². The summed E-state index contributed by atoms with van der Waals surface area (Å²) >= 11 is 6.01. The van der Waals surface area contributed by atoms with E-state index in [4.69, 9.17) is 11.6 Å². The first-order valence-corrected chi connectivity index (χ1v) is 9.54. The Balaban J connectivity index is 1.58. The highest BCUT2D eigenvalue weighted by molar-refractivity contribution is 6.34. The zero-order valence-corrected chi connectivity index (χ0v) is 16.8. The van der Waals surface area contributed by atoms with Crippen LogP contribution in [-0.4, -0.2) is 17.2 Å².